The van der Waals surface area contributed by atoms with Gasteiger partial charge in [-0.2, -0.15) is 0 Å². The fourth-order valence-electron chi connectivity index (χ4n) is 1.97. The Labute approximate surface area is 91.3 Å². The molecule has 2 rings (SSSR count). The number of hydrogen-bond donors (Lipinski definition) is 1. The molecule has 0 radical (unpaired) electrons. The number of imidazole rings is 1. The van der Waals surface area contributed by atoms with Crippen LogP contribution in [0.3, 0.4) is 0 Å². The van der Waals surface area contributed by atoms with Crippen LogP contribution in [0.4, 0.5) is 0 Å². The van der Waals surface area contributed by atoms with Gasteiger partial charge >= 0.3 is 0 Å². The molecule has 1 aliphatic heterocycles. The van der Waals surface area contributed by atoms with Gasteiger partial charge in [-0.05, 0) is 13.3 Å². The van der Waals surface area contributed by atoms with Gasteiger partial charge in [-0.1, -0.05) is 0 Å². The first-order chi connectivity index (χ1) is 7.25. The first-order valence-corrected chi connectivity index (χ1v) is 5.67. The third kappa shape index (κ3) is 2.79. The summed E-state index contributed by atoms with van der Waals surface area (Å²) in [7, 11) is 2.06. The molecule has 1 atom stereocenters. The van der Waals surface area contributed by atoms with Crippen molar-refractivity contribution in [2.45, 2.75) is 25.9 Å². The van der Waals surface area contributed by atoms with E-state index in [0.29, 0.717) is 6.04 Å². The monoisotopic (exact) mass is 208 g/mol. The Balaban J connectivity index is 1.92. The van der Waals surface area contributed by atoms with Crippen LogP contribution < -0.4 is 5.32 Å². The van der Waals surface area contributed by atoms with Crippen LogP contribution in [-0.4, -0.2) is 40.1 Å². The summed E-state index contributed by atoms with van der Waals surface area (Å²) in [6.07, 6.45) is 5.10. The number of nitrogens with one attached hydrogen (secondary N) is 1. The van der Waals surface area contributed by atoms with Gasteiger partial charge in [-0.3, -0.25) is 4.90 Å². The summed E-state index contributed by atoms with van der Waals surface area (Å²) in [5, 5.41) is 3.50. The second-order valence-corrected chi connectivity index (χ2v) is 4.37. The molecule has 4 heteroatoms. The van der Waals surface area contributed by atoms with Crippen LogP contribution in [0, 0.1) is 0 Å². The van der Waals surface area contributed by atoms with E-state index in [4.69, 9.17) is 0 Å². The predicted molar refractivity (Wildman–Crippen MR) is 60.6 cm³/mol. The van der Waals surface area contributed by atoms with Crippen molar-refractivity contribution in [2.75, 3.05) is 19.6 Å². The lowest BCUT2D eigenvalue weighted by Crippen LogP contribution is -2.29. The smallest absolute Gasteiger partial charge is 0.122 e. The summed E-state index contributed by atoms with van der Waals surface area (Å²) in [6.45, 7) is 6.60. The lowest BCUT2D eigenvalue weighted by Gasteiger charge is -2.18. The molecular weight excluding hydrogens is 188 g/mol. The van der Waals surface area contributed by atoms with E-state index in [1.165, 1.54) is 13.0 Å². The third-order valence-electron chi connectivity index (χ3n) is 3.09. The van der Waals surface area contributed by atoms with Crippen molar-refractivity contribution in [1.82, 2.24) is 19.8 Å². The Morgan fingerprint density at radius 1 is 1.53 bits per heavy atom. The molecule has 2 heterocycles. The van der Waals surface area contributed by atoms with Crippen LogP contribution >= 0.6 is 0 Å². The standard InChI is InChI=1S/C11H20N4/c1-10-3-6-15(8-5-12-10)9-11-13-4-7-14(11)2/h4,7,10,12H,3,5-6,8-9H2,1-2H3. The van der Waals surface area contributed by atoms with Crippen molar-refractivity contribution in [2.24, 2.45) is 7.05 Å². The summed E-state index contributed by atoms with van der Waals surface area (Å²) >= 11 is 0. The van der Waals surface area contributed by atoms with Crippen molar-refractivity contribution in [3.05, 3.63) is 18.2 Å². The number of aromatic nitrogens is 2. The van der Waals surface area contributed by atoms with Gasteiger partial charge < -0.3 is 9.88 Å². The van der Waals surface area contributed by atoms with E-state index < -0.39 is 0 Å². The highest BCUT2D eigenvalue weighted by atomic mass is 15.2. The minimum atomic E-state index is 0.649. The van der Waals surface area contributed by atoms with Gasteiger partial charge in [0.15, 0.2) is 0 Å². The SMILES string of the molecule is CC1CCN(Cc2nccn2C)CCN1. The minimum absolute atomic E-state index is 0.649. The molecule has 1 aromatic heterocycles. The normalized spacial score (nSPS) is 24.0. The maximum Gasteiger partial charge on any atom is 0.122 e. The zero-order valence-electron chi connectivity index (χ0n) is 9.61. The Hall–Kier alpha value is -0.870. The third-order valence-corrected chi connectivity index (χ3v) is 3.09. The summed E-state index contributed by atoms with van der Waals surface area (Å²) in [6, 6.07) is 0.649. The number of nitrogens with zero attached hydrogens (tertiary/aromatic N) is 3. The Morgan fingerprint density at radius 3 is 3.13 bits per heavy atom. The van der Waals surface area contributed by atoms with Gasteiger partial charge in [0.25, 0.3) is 0 Å². The molecule has 1 aliphatic rings. The van der Waals surface area contributed by atoms with Crippen LogP contribution in [-0.2, 0) is 13.6 Å². The lowest BCUT2D eigenvalue weighted by atomic mass is 10.2. The van der Waals surface area contributed by atoms with E-state index in [9.17, 15) is 0 Å². The second-order valence-electron chi connectivity index (χ2n) is 4.37. The number of aryl methyl sites for hydroxylation is 1. The first-order valence-electron chi connectivity index (χ1n) is 5.67. The van der Waals surface area contributed by atoms with Gasteiger partial charge in [0, 0.05) is 45.1 Å². The largest absolute Gasteiger partial charge is 0.337 e. The molecule has 84 valence electrons. The number of hydrogen-bond acceptors (Lipinski definition) is 3. The van der Waals surface area contributed by atoms with Crippen molar-refractivity contribution in [1.29, 1.82) is 0 Å². The molecule has 0 saturated carbocycles. The molecule has 15 heavy (non-hydrogen) atoms. The second kappa shape index (κ2) is 4.77. The Morgan fingerprint density at radius 2 is 2.40 bits per heavy atom. The molecule has 1 unspecified atom stereocenters. The molecule has 4 nitrogen and oxygen atoms in total. The predicted octanol–water partition coefficient (Wildman–Crippen LogP) is 0.604. The van der Waals surface area contributed by atoms with Gasteiger partial charge in [-0.15, -0.1) is 0 Å². The first kappa shape index (κ1) is 10.6. The lowest BCUT2D eigenvalue weighted by molar-refractivity contribution is 0.273. The molecule has 0 aliphatic carbocycles. The summed E-state index contributed by atoms with van der Waals surface area (Å²) in [5.74, 6) is 1.16. The highest BCUT2D eigenvalue weighted by molar-refractivity contribution is 4.91. The molecular formula is C11H20N4. The zero-order chi connectivity index (χ0) is 10.7. The average Bonchev–Trinajstić information content (AvgIpc) is 2.48. The molecule has 1 aromatic rings. The fourth-order valence-corrected chi connectivity index (χ4v) is 1.97. The quantitative estimate of drug-likeness (QED) is 0.773. The van der Waals surface area contributed by atoms with E-state index in [2.05, 4.69) is 33.7 Å². The minimum Gasteiger partial charge on any atom is -0.337 e. The van der Waals surface area contributed by atoms with Crippen molar-refractivity contribution in [3.63, 3.8) is 0 Å². The fraction of sp³-hybridized carbons (Fsp3) is 0.727. The van der Waals surface area contributed by atoms with Crippen molar-refractivity contribution in [3.8, 4) is 0 Å². The highest BCUT2D eigenvalue weighted by Gasteiger charge is 2.14. The van der Waals surface area contributed by atoms with Crippen molar-refractivity contribution >= 4 is 0 Å². The van der Waals surface area contributed by atoms with E-state index in [0.717, 1.165) is 25.5 Å². The summed E-state index contributed by atoms with van der Waals surface area (Å²) < 4.78 is 2.10. The molecule has 0 bridgehead atoms. The molecule has 0 amide bonds. The molecule has 0 aromatic carbocycles. The van der Waals surface area contributed by atoms with Crippen LogP contribution in [0.25, 0.3) is 0 Å². The Kier molecular flexibility index (Phi) is 3.38. The molecule has 1 saturated heterocycles. The van der Waals surface area contributed by atoms with Gasteiger partial charge in [0.2, 0.25) is 0 Å². The maximum atomic E-state index is 4.36. The Bertz CT molecular complexity index is 307. The zero-order valence-corrected chi connectivity index (χ0v) is 9.61. The summed E-state index contributed by atoms with van der Waals surface area (Å²) in [5.41, 5.74) is 0. The van der Waals surface area contributed by atoms with Gasteiger partial charge in [0.1, 0.15) is 5.82 Å². The average molecular weight is 208 g/mol. The summed E-state index contributed by atoms with van der Waals surface area (Å²) in [4.78, 5) is 6.83. The maximum absolute atomic E-state index is 4.36. The van der Waals surface area contributed by atoms with Gasteiger partial charge in [0.05, 0.1) is 6.54 Å². The van der Waals surface area contributed by atoms with Crippen molar-refractivity contribution < 1.29 is 0 Å². The van der Waals surface area contributed by atoms with E-state index in [1.54, 1.807) is 0 Å². The highest BCUT2D eigenvalue weighted by Crippen LogP contribution is 2.05. The van der Waals surface area contributed by atoms with E-state index in [1.807, 2.05) is 12.4 Å². The van der Waals surface area contributed by atoms with Crippen LogP contribution in [0.1, 0.15) is 19.2 Å². The molecule has 1 N–H and O–H groups in total. The van der Waals surface area contributed by atoms with E-state index >= 15 is 0 Å². The number of rotatable bonds is 2. The van der Waals surface area contributed by atoms with Gasteiger partial charge in [-0.25, -0.2) is 4.98 Å². The van der Waals surface area contributed by atoms with E-state index in [-0.39, 0.29) is 0 Å². The van der Waals surface area contributed by atoms with Crippen LogP contribution in [0.2, 0.25) is 0 Å². The van der Waals surface area contributed by atoms with Crippen LogP contribution in [0.5, 0.6) is 0 Å². The molecule has 0 spiro atoms. The molecule has 1 fully saturated rings. The van der Waals surface area contributed by atoms with Crippen LogP contribution in [0.15, 0.2) is 12.4 Å². The topological polar surface area (TPSA) is 33.1 Å².